The zero-order chi connectivity index (χ0) is 47.6. The molecule has 1 unspecified atom stereocenters. The van der Waals surface area contributed by atoms with Crippen LogP contribution in [0.4, 0.5) is 5.69 Å². The summed E-state index contributed by atoms with van der Waals surface area (Å²) in [5, 5.41) is 25.0. The number of nitrogens with zero attached hydrogens (tertiary/aromatic N) is 8. The number of aliphatic hydroxyl groups is 1. The van der Waals surface area contributed by atoms with Gasteiger partial charge in [0.25, 0.3) is 0 Å². The lowest BCUT2D eigenvalue weighted by atomic mass is 9.85. The van der Waals surface area contributed by atoms with Gasteiger partial charge >= 0.3 is 0 Å². The second kappa shape index (κ2) is 22.4. The number of aryl methyl sites for hydroxylation is 3. The molecule has 0 aliphatic carbocycles. The number of amides is 3. The summed E-state index contributed by atoms with van der Waals surface area (Å²) in [6.07, 6.45) is 6.08. The van der Waals surface area contributed by atoms with Crippen molar-refractivity contribution >= 4 is 40.4 Å². The minimum absolute atomic E-state index is 0.00948. The fraction of sp³-hybridized carbons (Fsp3) is 0.460. The number of hydrogen-bond donors (Lipinski definition) is 3. The number of hydrogen-bond acceptors (Lipinski definition) is 14. The van der Waals surface area contributed by atoms with Crippen molar-refractivity contribution in [1.82, 2.24) is 45.0 Å². The number of aliphatic hydroxyl groups excluding tert-OH is 1. The average Bonchev–Trinajstić information content (AvgIpc) is 4.19. The number of furan rings is 1. The molecule has 2 aromatic carbocycles. The van der Waals surface area contributed by atoms with Crippen LogP contribution in [-0.2, 0) is 43.2 Å². The quantitative estimate of drug-likeness (QED) is 0.0872. The molecule has 6 aromatic rings. The van der Waals surface area contributed by atoms with Gasteiger partial charge in [0.2, 0.25) is 17.7 Å². The van der Waals surface area contributed by atoms with Gasteiger partial charge in [-0.3, -0.25) is 23.7 Å². The Morgan fingerprint density at radius 2 is 1.68 bits per heavy atom. The molecule has 68 heavy (non-hydrogen) atoms. The molecule has 360 valence electrons. The molecule has 8 rings (SSSR count). The largest absolute Gasteiger partial charge is 0.469 e. The number of fused-ring (bicyclic) bond motifs is 1. The van der Waals surface area contributed by atoms with E-state index in [0.29, 0.717) is 19.8 Å². The van der Waals surface area contributed by atoms with Crippen LogP contribution in [0, 0.1) is 12.3 Å². The van der Waals surface area contributed by atoms with Gasteiger partial charge in [-0.15, -0.1) is 21.5 Å². The highest BCUT2D eigenvalue weighted by Gasteiger charge is 2.44. The summed E-state index contributed by atoms with van der Waals surface area (Å²) in [6.45, 7) is 13.8. The molecule has 6 heterocycles. The lowest BCUT2D eigenvalue weighted by Gasteiger charge is -2.36. The molecular weight excluding hydrogens is 885 g/mol. The molecule has 0 spiro atoms. The highest BCUT2D eigenvalue weighted by atomic mass is 32.1. The van der Waals surface area contributed by atoms with Crippen molar-refractivity contribution in [2.75, 3.05) is 70.6 Å². The first kappa shape index (κ1) is 48.4. The van der Waals surface area contributed by atoms with Crippen molar-refractivity contribution in [2.24, 2.45) is 5.41 Å². The van der Waals surface area contributed by atoms with E-state index in [9.17, 15) is 19.5 Å². The Kier molecular flexibility index (Phi) is 15.9. The van der Waals surface area contributed by atoms with Crippen molar-refractivity contribution in [1.29, 1.82) is 0 Å². The first-order valence-corrected chi connectivity index (χ1v) is 24.3. The molecule has 2 aliphatic heterocycles. The Bertz CT molecular complexity index is 2590. The van der Waals surface area contributed by atoms with E-state index in [2.05, 4.69) is 59.9 Å². The van der Waals surface area contributed by atoms with Crippen molar-refractivity contribution in [3.8, 4) is 21.6 Å². The molecule has 0 saturated carbocycles. The normalized spacial score (nSPS) is 17.2. The highest BCUT2D eigenvalue weighted by Crippen LogP contribution is 2.30. The van der Waals surface area contributed by atoms with Gasteiger partial charge in [0.05, 0.1) is 54.9 Å². The SMILES string of the molecule is Cc1ncsc1-c1ccc(CNC(=O)[C@@H]2C[C@@H](O)CN2C(=O)C(NC(=O)CCOCCOCCN2CCN(c3ccc(-c4cnc(CCc5ccco5)n5cnnc45)cc3)CC2)C(C)(C)C)cc1. The van der Waals surface area contributed by atoms with Gasteiger partial charge in [-0.2, -0.15) is 0 Å². The molecule has 2 fully saturated rings. The predicted molar refractivity (Wildman–Crippen MR) is 259 cm³/mol. The molecule has 3 atom stereocenters. The maximum atomic E-state index is 14.0. The Balaban J connectivity index is 0.706. The summed E-state index contributed by atoms with van der Waals surface area (Å²) in [5.41, 5.74) is 8.03. The van der Waals surface area contributed by atoms with Crippen LogP contribution in [0.15, 0.2) is 89.4 Å². The molecule has 17 nitrogen and oxygen atoms in total. The summed E-state index contributed by atoms with van der Waals surface area (Å²) < 4.78 is 19.0. The molecule has 3 N–H and O–H groups in total. The maximum absolute atomic E-state index is 14.0. The van der Waals surface area contributed by atoms with Crippen LogP contribution in [-0.4, -0.2) is 141 Å². The Morgan fingerprint density at radius 3 is 2.38 bits per heavy atom. The number of carbonyl (C=O) groups is 3. The van der Waals surface area contributed by atoms with Crippen LogP contribution in [0.5, 0.6) is 0 Å². The number of anilines is 1. The molecular formula is C50H62N10O7S. The molecule has 4 aromatic heterocycles. The van der Waals surface area contributed by atoms with Crippen molar-refractivity contribution in [2.45, 2.75) is 78.1 Å². The second-order valence-corrected chi connectivity index (χ2v) is 19.3. The lowest BCUT2D eigenvalue weighted by Crippen LogP contribution is -2.57. The van der Waals surface area contributed by atoms with E-state index in [-0.39, 0.29) is 44.4 Å². The third-order valence-corrected chi connectivity index (χ3v) is 13.6. The van der Waals surface area contributed by atoms with Crippen LogP contribution in [0.1, 0.15) is 56.5 Å². The summed E-state index contributed by atoms with van der Waals surface area (Å²) in [4.78, 5) is 56.9. The Labute approximate surface area is 400 Å². The van der Waals surface area contributed by atoms with Gasteiger partial charge in [-0.05, 0) is 53.3 Å². The minimum atomic E-state index is -0.910. The first-order valence-electron chi connectivity index (χ1n) is 23.4. The average molecular weight is 947 g/mol. The zero-order valence-corrected chi connectivity index (χ0v) is 40.1. The fourth-order valence-corrected chi connectivity index (χ4v) is 9.53. The molecule has 18 heteroatoms. The number of rotatable bonds is 20. The van der Waals surface area contributed by atoms with Gasteiger partial charge in [0.1, 0.15) is 30.0 Å². The Morgan fingerprint density at radius 1 is 0.926 bits per heavy atom. The van der Waals surface area contributed by atoms with Crippen LogP contribution < -0.4 is 15.5 Å². The molecule has 2 aliphatic rings. The second-order valence-electron chi connectivity index (χ2n) is 18.5. The number of β-amino-alcohol motifs (C(OH)–C–C–N with tert-alkyl or cyclic N) is 1. The highest BCUT2D eigenvalue weighted by molar-refractivity contribution is 7.13. The van der Waals surface area contributed by atoms with E-state index in [1.807, 2.05) is 80.2 Å². The standard InChI is InChI=1S/C50H62N10O7S/c1-34-45(68-33-53-34)37-9-7-35(8-10-37)29-52-48(63)42-28-39(61)31-59(42)49(64)46(50(2,3)4)55-44(62)17-24-65-26-27-66-25-22-57-18-20-58(21-19-57)38-13-11-36(12-14-38)41-30-51-43(60-32-54-56-47(41)60)16-15-40-6-5-23-67-40/h5-14,23,30,32-33,39,42,46,61H,15-22,24-29,31H2,1-4H3,(H,52,63)(H,55,62)/t39-,42+,46?/m1/s1. The van der Waals surface area contributed by atoms with E-state index >= 15 is 0 Å². The molecule has 3 amide bonds. The van der Waals surface area contributed by atoms with Crippen LogP contribution in [0.25, 0.3) is 27.2 Å². The number of ether oxygens (including phenoxy) is 2. The molecule has 0 bridgehead atoms. The summed E-state index contributed by atoms with van der Waals surface area (Å²) in [6, 6.07) is 18.6. The predicted octanol–water partition coefficient (Wildman–Crippen LogP) is 4.96. The number of aromatic nitrogens is 5. The molecule has 2 saturated heterocycles. The van der Waals surface area contributed by atoms with Gasteiger partial charge in [-0.1, -0.05) is 57.2 Å². The third-order valence-electron chi connectivity index (χ3n) is 12.6. The van der Waals surface area contributed by atoms with E-state index in [0.717, 1.165) is 95.6 Å². The van der Waals surface area contributed by atoms with E-state index in [1.165, 1.54) is 10.6 Å². The number of benzene rings is 2. The van der Waals surface area contributed by atoms with E-state index in [4.69, 9.17) is 18.9 Å². The molecule has 0 radical (unpaired) electrons. The van der Waals surface area contributed by atoms with Crippen LogP contribution >= 0.6 is 11.3 Å². The van der Waals surface area contributed by atoms with Crippen molar-refractivity contribution in [3.05, 3.63) is 108 Å². The monoisotopic (exact) mass is 946 g/mol. The lowest BCUT2D eigenvalue weighted by molar-refractivity contribution is -0.144. The zero-order valence-electron chi connectivity index (χ0n) is 39.3. The number of carbonyl (C=O) groups excluding carboxylic acids is 3. The summed E-state index contributed by atoms with van der Waals surface area (Å²) >= 11 is 1.58. The topological polar surface area (TPSA) is 193 Å². The maximum Gasteiger partial charge on any atom is 0.246 e. The number of thiazole rings is 1. The number of nitrogens with one attached hydrogen (secondary N) is 2. The Hall–Kier alpha value is -6.05. The van der Waals surface area contributed by atoms with E-state index < -0.39 is 29.5 Å². The smallest absolute Gasteiger partial charge is 0.246 e. The van der Waals surface area contributed by atoms with Crippen molar-refractivity contribution in [3.63, 3.8) is 0 Å². The third kappa shape index (κ3) is 12.1. The van der Waals surface area contributed by atoms with Crippen LogP contribution in [0.3, 0.4) is 0 Å². The van der Waals surface area contributed by atoms with Crippen molar-refractivity contribution < 1.29 is 33.4 Å². The minimum Gasteiger partial charge on any atom is -0.469 e. The first-order chi connectivity index (χ1) is 32.9. The number of likely N-dealkylation sites (tertiary alicyclic amines) is 1. The van der Waals surface area contributed by atoms with Gasteiger partial charge in [0, 0.05) is 88.9 Å². The van der Waals surface area contributed by atoms with Crippen LogP contribution in [0.2, 0.25) is 0 Å². The van der Waals surface area contributed by atoms with Gasteiger partial charge in [0.15, 0.2) is 5.65 Å². The summed E-state index contributed by atoms with van der Waals surface area (Å²) in [7, 11) is 0. The van der Waals surface area contributed by atoms with Gasteiger partial charge < -0.3 is 39.4 Å². The fourth-order valence-electron chi connectivity index (χ4n) is 8.72. The van der Waals surface area contributed by atoms with Gasteiger partial charge in [-0.25, -0.2) is 9.97 Å². The summed E-state index contributed by atoms with van der Waals surface area (Å²) in [5.74, 6) is 0.720. The number of piperazine rings is 1. The van der Waals surface area contributed by atoms with E-state index in [1.54, 1.807) is 23.9 Å².